The molecule has 0 aliphatic rings. The highest BCUT2D eigenvalue weighted by molar-refractivity contribution is 5.82. The molecule has 2 N–H and O–H groups in total. The number of anilines is 1. The number of ether oxygens (including phenoxy) is 1. The van der Waals surface area contributed by atoms with Crippen LogP contribution < -0.4 is 10.5 Å². The molecular weight excluding hydrogens is 214 g/mol. The lowest BCUT2D eigenvalue weighted by Crippen LogP contribution is -1.91. The lowest BCUT2D eigenvalue weighted by molar-refractivity contribution is 0.112. The van der Waals surface area contributed by atoms with Crippen molar-refractivity contribution in [3.63, 3.8) is 0 Å². The molecule has 86 valence electrons. The Hall–Kier alpha value is -2.29. The minimum atomic E-state index is 0.614. The highest BCUT2D eigenvalue weighted by Gasteiger charge is 2.07. The zero-order chi connectivity index (χ0) is 12.3. The molecule has 3 heteroatoms. The fraction of sp³-hybridized carbons (Fsp3) is 0.0714. The van der Waals surface area contributed by atoms with Gasteiger partial charge in [-0.15, -0.1) is 0 Å². The van der Waals surface area contributed by atoms with Crippen LogP contribution in [-0.4, -0.2) is 13.4 Å². The first-order chi connectivity index (χ1) is 8.24. The largest absolute Gasteiger partial charge is 0.496 e. The van der Waals surface area contributed by atoms with Gasteiger partial charge in [-0.1, -0.05) is 12.1 Å². The number of methoxy groups -OCH3 is 1. The lowest BCUT2D eigenvalue weighted by Gasteiger charge is -2.09. The van der Waals surface area contributed by atoms with Crippen LogP contribution >= 0.6 is 0 Å². The molecule has 3 nitrogen and oxygen atoms in total. The van der Waals surface area contributed by atoms with E-state index in [9.17, 15) is 4.79 Å². The molecule has 0 bridgehead atoms. The van der Waals surface area contributed by atoms with Gasteiger partial charge in [-0.05, 0) is 35.9 Å². The molecule has 0 radical (unpaired) electrons. The molecule has 0 saturated carbocycles. The van der Waals surface area contributed by atoms with Crippen LogP contribution in [0.2, 0.25) is 0 Å². The van der Waals surface area contributed by atoms with Crippen molar-refractivity contribution < 1.29 is 9.53 Å². The van der Waals surface area contributed by atoms with Gasteiger partial charge in [0.25, 0.3) is 0 Å². The lowest BCUT2D eigenvalue weighted by atomic mass is 10.0. The summed E-state index contributed by atoms with van der Waals surface area (Å²) in [7, 11) is 1.60. The average Bonchev–Trinajstić information content (AvgIpc) is 2.38. The van der Waals surface area contributed by atoms with Gasteiger partial charge in [-0.2, -0.15) is 0 Å². The molecule has 0 spiro atoms. The quantitative estimate of drug-likeness (QED) is 0.648. The van der Waals surface area contributed by atoms with Gasteiger partial charge in [0.2, 0.25) is 0 Å². The summed E-state index contributed by atoms with van der Waals surface area (Å²) in [6.45, 7) is 0. The molecule has 0 atom stereocenters. The minimum Gasteiger partial charge on any atom is -0.496 e. The molecule has 2 rings (SSSR count). The fourth-order valence-corrected chi connectivity index (χ4v) is 1.73. The highest BCUT2D eigenvalue weighted by Crippen LogP contribution is 2.31. The molecule has 0 saturated heterocycles. The Morgan fingerprint density at radius 2 is 2.00 bits per heavy atom. The third kappa shape index (κ3) is 2.28. The number of benzene rings is 2. The number of carbonyl (C=O) groups excluding carboxylic acids is 1. The number of hydrogen-bond acceptors (Lipinski definition) is 3. The SMILES string of the molecule is COc1ccc(C=O)cc1-c1cccc(N)c1. The van der Waals surface area contributed by atoms with Crippen LogP contribution in [0.25, 0.3) is 11.1 Å². The molecule has 0 aliphatic carbocycles. The fourth-order valence-electron chi connectivity index (χ4n) is 1.73. The van der Waals surface area contributed by atoms with Crippen LogP contribution in [-0.2, 0) is 0 Å². The maximum Gasteiger partial charge on any atom is 0.150 e. The molecule has 0 amide bonds. The molecular formula is C14H13NO2. The van der Waals surface area contributed by atoms with Gasteiger partial charge in [-0.25, -0.2) is 0 Å². The van der Waals surface area contributed by atoms with E-state index in [1.165, 1.54) is 0 Å². The molecule has 2 aromatic carbocycles. The summed E-state index contributed by atoms with van der Waals surface area (Å²) in [5.74, 6) is 0.723. The number of aldehydes is 1. The molecule has 0 aliphatic heterocycles. The Balaban J connectivity index is 2.59. The minimum absolute atomic E-state index is 0.614. The second-order valence-electron chi connectivity index (χ2n) is 3.70. The van der Waals surface area contributed by atoms with E-state index in [1.807, 2.05) is 24.3 Å². The van der Waals surface area contributed by atoms with Gasteiger partial charge in [-0.3, -0.25) is 4.79 Å². The van der Waals surface area contributed by atoms with Crippen LogP contribution in [0.3, 0.4) is 0 Å². The van der Waals surface area contributed by atoms with E-state index in [0.717, 1.165) is 23.2 Å². The second kappa shape index (κ2) is 4.70. The van der Waals surface area contributed by atoms with Gasteiger partial charge >= 0.3 is 0 Å². The number of nitrogen functional groups attached to an aromatic ring is 1. The van der Waals surface area contributed by atoms with Crippen LogP contribution in [0.15, 0.2) is 42.5 Å². The molecule has 0 fully saturated rings. The van der Waals surface area contributed by atoms with Crippen LogP contribution in [0.5, 0.6) is 5.75 Å². The first kappa shape index (κ1) is 11.2. The molecule has 17 heavy (non-hydrogen) atoms. The smallest absolute Gasteiger partial charge is 0.150 e. The first-order valence-corrected chi connectivity index (χ1v) is 5.23. The summed E-state index contributed by atoms with van der Waals surface area (Å²) in [5, 5.41) is 0. The summed E-state index contributed by atoms with van der Waals surface area (Å²) in [4.78, 5) is 10.8. The second-order valence-corrected chi connectivity index (χ2v) is 3.70. The van der Waals surface area contributed by atoms with Gasteiger partial charge in [0.05, 0.1) is 7.11 Å². The monoisotopic (exact) mass is 227 g/mol. The van der Waals surface area contributed by atoms with Gasteiger partial charge in [0, 0.05) is 16.8 Å². The van der Waals surface area contributed by atoms with Gasteiger partial charge in [0.15, 0.2) is 0 Å². The van der Waals surface area contributed by atoms with Crippen molar-refractivity contribution in [1.29, 1.82) is 0 Å². The molecule has 0 aromatic heterocycles. The molecule has 0 unspecified atom stereocenters. The summed E-state index contributed by atoms with van der Waals surface area (Å²) in [6, 6.07) is 12.8. The number of hydrogen-bond donors (Lipinski definition) is 1. The summed E-state index contributed by atoms with van der Waals surface area (Å²) in [5.41, 5.74) is 8.84. The van der Waals surface area contributed by atoms with Crippen LogP contribution in [0.4, 0.5) is 5.69 Å². The van der Waals surface area contributed by atoms with Crippen molar-refractivity contribution in [2.45, 2.75) is 0 Å². The average molecular weight is 227 g/mol. The van der Waals surface area contributed by atoms with E-state index < -0.39 is 0 Å². The predicted molar refractivity (Wildman–Crippen MR) is 68.2 cm³/mol. The normalized spacial score (nSPS) is 9.94. The Labute approximate surface area is 99.8 Å². The highest BCUT2D eigenvalue weighted by atomic mass is 16.5. The van der Waals surface area contributed by atoms with Crippen molar-refractivity contribution >= 4 is 12.0 Å². The van der Waals surface area contributed by atoms with Crippen molar-refractivity contribution in [3.8, 4) is 16.9 Å². The third-order valence-corrected chi connectivity index (χ3v) is 2.56. The zero-order valence-electron chi connectivity index (χ0n) is 9.51. The summed E-state index contributed by atoms with van der Waals surface area (Å²) in [6.07, 6.45) is 0.815. The van der Waals surface area contributed by atoms with Crippen molar-refractivity contribution in [2.24, 2.45) is 0 Å². The van der Waals surface area contributed by atoms with Crippen LogP contribution in [0.1, 0.15) is 10.4 Å². The predicted octanol–water partition coefficient (Wildman–Crippen LogP) is 2.76. The van der Waals surface area contributed by atoms with Crippen molar-refractivity contribution in [3.05, 3.63) is 48.0 Å². The Bertz CT molecular complexity index is 550. The van der Waals surface area contributed by atoms with Gasteiger partial charge in [0.1, 0.15) is 12.0 Å². The Morgan fingerprint density at radius 3 is 2.65 bits per heavy atom. The molecule has 0 heterocycles. The standard InChI is InChI=1S/C14H13NO2/c1-17-14-6-5-10(9-16)7-13(14)11-3-2-4-12(15)8-11/h2-9H,15H2,1H3. The van der Waals surface area contributed by atoms with E-state index in [-0.39, 0.29) is 0 Å². The Morgan fingerprint density at radius 1 is 1.18 bits per heavy atom. The number of nitrogens with two attached hydrogens (primary N) is 1. The number of carbonyl (C=O) groups is 1. The van der Waals surface area contributed by atoms with Crippen LogP contribution in [0, 0.1) is 0 Å². The summed E-state index contributed by atoms with van der Waals surface area (Å²) >= 11 is 0. The van der Waals surface area contributed by atoms with E-state index >= 15 is 0 Å². The van der Waals surface area contributed by atoms with E-state index in [0.29, 0.717) is 11.3 Å². The molecule has 2 aromatic rings. The topological polar surface area (TPSA) is 52.3 Å². The summed E-state index contributed by atoms with van der Waals surface area (Å²) < 4.78 is 5.28. The van der Waals surface area contributed by atoms with Crippen molar-refractivity contribution in [1.82, 2.24) is 0 Å². The Kier molecular flexibility index (Phi) is 3.10. The van der Waals surface area contributed by atoms with Crippen molar-refractivity contribution in [2.75, 3.05) is 12.8 Å². The van der Waals surface area contributed by atoms with E-state index in [1.54, 1.807) is 25.3 Å². The number of rotatable bonds is 3. The third-order valence-electron chi connectivity index (χ3n) is 2.56. The first-order valence-electron chi connectivity index (χ1n) is 5.23. The maximum atomic E-state index is 10.8. The van der Waals surface area contributed by atoms with Gasteiger partial charge < -0.3 is 10.5 Å². The van der Waals surface area contributed by atoms with E-state index in [4.69, 9.17) is 10.5 Å². The maximum absolute atomic E-state index is 10.8. The zero-order valence-corrected chi connectivity index (χ0v) is 9.51. The van der Waals surface area contributed by atoms with E-state index in [2.05, 4.69) is 0 Å².